The van der Waals surface area contributed by atoms with E-state index in [0.717, 1.165) is 0 Å². The number of rotatable bonds is 6. The second kappa shape index (κ2) is 7.04. The minimum atomic E-state index is -0.341. The lowest BCUT2D eigenvalue weighted by Gasteiger charge is -2.14. The fourth-order valence-corrected chi connectivity index (χ4v) is 1.60. The summed E-state index contributed by atoms with van der Waals surface area (Å²) in [6, 6.07) is 0.0310. The highest BCUT2D eigenvalue weighted by molar-refractivity contribution is 6.32. The second-order valence-corrected chi connectivity index (χ2v) is 4.22. The van der Waals surface area contributed by atoms with Gasteiger partial charge in [0.1, 0.15) is 5.02 Å². The van der Waals surface area contributed by atoms with Crippen molar-refractivity contribution in [3.05, 3.63) is 21.6 Å². The van der Waals surface area contributed by atoms with E-state index in [9.17, 15) is 4.79 Å². The van der Waals surface area contributed by atoms with Gasteiger partial charge in [-0.15, -0.1) is 12.3 Å². The molecule has 1 unspecified atom stereocenters. The van der Waals surface area contributed by atoms with E-state index in [1.807, 2.05) is 6.92 Å². The molecule has 0 saturated carbocycles. The van der Waals surface area contributed by atoms with Crippen LogP contribution in [0.3, 0.4) is 0 Å². The molecule has 0 aromatic carbocycles. The molecule has 0 aliphatic rings. The van der Waals surface area contributed by atoms with Gasteiger partial charge in [-0.3, -0.25) is 4.79 Å². The molecule has 98 valence electrons. The predicted molar refractivity (Wildman–Crippen MR) is 71.9 cm³/mol. The van der Waals surface area contributed by atoms with Gasteiger partial charge in [0.15, 0.2) is 0 Å². The third-order valence-electron chi connectivity index (χ3n) is 2.32. The molecule has 1 rings (SSSR count). The summed E-state index contributed by atoms with van der Waals surface area (Å²) in [5.74, 6) is 2.54. The highest BCUT2D eigenvalue weighted by atomic mass is 35.5. The van der Waals surface area contributed by atoms with Crippen LogP contribution >= 0.6 is 11.6 Å². The van der Waals surface area contributed by atoms with E-state index in [2.05, 4.69) is 16.3 Å². The minimum Gasteiger partial charge on any atom is -0.383 e. The Kier molecular flexibility index (Phi) is 5.69. The predicted octanol–water partition coefficient (Wildman–Crippen LogP) is 1.37. The lowest BCUT2D eigenvalue weighted by Crippen LogP contribution is -2.27. The SMILES string of the molecule is C#CCC(C)Nc1cnn(CCOC)c(=O)c1Cl. The van der Waals surface area contributed by atoms with Gasteiger partial charge < -0.3 is 10.1 Å². The fourth-order valence-electron chi connectivity index (χ4n) is 1.40. The molecule has 1 heterocycles. The highest BCUT2D eigenvalue weighted by Gasteiger charge is 2.10. The largest absolute Gasteiger partial charge is 0.383 e. The molecule has 5 nitrogen and oxygen atoms in total. The smallest absolute Gasteiger partial charge is 0.287 e. The standard InChI is InChI=1S/C12H16ClN3O2/c1-4-5-9(2)15-10-8-14-16(6-7-18-3)12(17)11(10)13/h1,8-9,15H,5-7H2,2-3H3. The molecule has 1 aromatic heterocycles. The second-order valence-electron chi connectivity index (χ2n) is 3.85. The van der Waals surface area contributed by atoms with E-state index >= 15 is 0 Å². The van der Waals surface area contributed by atoms with Crippen molar-refractivity contribution in [1.29, 1.82) is 0 Å². The van der Waals surface area contributed by atoms with Crippen LogP contribution in [0.2, 0.25) is 5.02 Å². The van der Waals surface area contributed by atoms with E-state index in [4.69, 9.17) is 22.8 Å². The molecule has 1 atom stereocenters. The Bertz CT molecular complexity index is 493. The lowest BCUT2D eigenvalue weighted by molar-refractivity contribution is 0.182. The Morgan fingerprint density at radius 3 is 3.06 bits per heavy atom. The van der Waals surface area contributed by atoms with Crippen LogP contribution in [-0.2, 0) is 11.3 Å². The molecule has 0 saturated heterocycles. The van der Waals surface area contributed by atoms with Crippen LogP contribution in [0.4, 0.5) is 5.69 Å². The maximum atomic E-state index is 11.9. The lowest BCUT2D eigenvalue weighted by atomic mass is 10.2. The maximum Gasteiger partial charge on any atom is 0.287 e. The number of halogens is 1. The van der Waals surface area contributed by atoms with Crippen molar-refractivity contribution in [2.75, 3.05) is 19.0 Å². The number of nitrogens with zero attached hydrogens (tertiary/aromatic N) is 2. The Morgan fingerprint density at radius 1 is 1.72 bits per heavy atom. The number of nitrogens with one attached hydrogen (secondary N) is 1. The van der Waals surface area contributed by atoms with Crippen molar-refractivity contribution >= 4 is 17.3 Å². The van der Waals surface area contributed by atoms with Crippen LogP contribution in [-0.4, -0.2) is 29.5 Å². The van der Waals surface area contributed by atoms with Crippen LogP contribution in [0.1, 0.15) is 13.3 Å². The molecule has 0 amide bonds. The zero-order chi connectivity index (χ0) is 13.5. The van der Waals surface area contributed by atoms with E-state index in [0.29, 0.717) is 25.3 Å². The zero-order valence-corrected chi connectivity index (χ0v) is 11.2. The molecular weight excluding hydrogens is 254 g/mol. The monoisotopic (exact) mass is 269 g/mol. The summed E-state index contributed by atoms with van der Waals surface area (Å²) in [7, 11) is 1.56. The summed E-state index contributed by atoms with van der Waals surface area (Å²) in [5, 5.41) is 7.18. The average molecular weight is 270 g/mol. The first kappa shape index (κ1) is 14.6. The summed E-state index contributed by atoms with van der Waals surface area (Å²) in [6.07, 6.45) is 7.28. The molecule has 18 heavy (non-hydrogen) atoms. The molecule has 0 fully saturated rings. The van der Waals surface area contributed by atoms with Gasteiger partial charge >= 0.3 is 0 Å². The fraction of sp³-hybridized carbons (Fsp3) is 0.500. The Labute approximate surface area is 111 Å². The highest BCUT2D eigenvalue weighted by Crippen LogP contribution is 2.16. The van der Waals surface area contributed by atoms with Crippen LogP contribution < -0.4 is 10.9 Å². The molecule has 0 radical (unpaired) electrons. The van der Waals surface area contributed by atoms with Crippen molar-refractivity contribution in [2.24, 2.45) is 0 Å². The summed E-state index contributed by atoms with van der Waals surface area (Å²) in [4.78, 5) is 11.9. The Hall–Kier alpha value is -1.51. The Morgan fingerprint density at radius 2 is 2.44 bits per heavy atom. The van der Waals surface area contributed by atoms with Crippen molar-refractivity contribution in [3.8, 4) is 12.3 Å². The van der Waals surface area contributed by atoms with Gasteiger partial charge in [0.25, 0.3) is 5.56 Å². The summed E-state index contributed by atoms with van der Waals surface area (Å²) in [5.41, 5.74) is 0.157. The topological polar surface area (TPSA) is 56.1 Å². The normalized spacial score (nSPS) is 11.9. The van der Waals surface area contributed by atoms with E-state index < -0.39 is 0 Å². The quantitative estimate of drug-likeness (QED) is 0.793. The number of hydrogen-bond donors (Lipinski definition) is 1. The van der Waals surface area contributed by atoms with Crippen LogP contribution in [0.25, 0.3) is 0 Å². The van der Waals surface area contributed by atoms with E-state index in [1.165, 1.54) is 10.9 Å². The number of hydrogen-bond acceptors (Lipinski definition) is 4. The van der Waals surface area contributed by atoms with Gasteiger partial charge in [-0.25, -0.2) is 4.68 Å². The summed E-state index contributed by atoms with van der Waals surface area (Å²) < 4.78 is 6.15. The molecule has 0 aliphatic carbocycles. The number of aromatic nitrogens is 2. The molecule has 1 aromatic rings. The van der Waals surface area contributed by atoms with Gasteiger partial charge in [0, 0.05) is 19.6 Å². The molecule has 6 heteroatoms. The van der Waals surface area contributed by atoms with Gasteiger partial charge in [0.2, 0.25) is 0 Å². The van der Waals surface area contributed by atoms with E-state index in [-0.39, 0.29) is 16.6 Å². The minimum absolute atomic E-state index is 0.0310. The summed E-state index contributed by atoms with van der Waals surface area (Å²) in [6.45, 7) is 2.69. The number of anilines is 1. The maximum absolute atomic E-state index is 11.9. The van der Waals surface area contributed by atoms with Crippen LogP contribution in [0.15, 0.2) is 11.0 Å². The third kappa shape index (κ3) is 3.76. The number of terminal acetylenes is 1. The first-order valence-corrected chi connectivity index (χ1v) is 5.92. The molecular formula is C12H16ClN3O2. The van der Waals surface area contributed by atoms with Crippen LogP contribution in [0, 0.1) is 12.3 Å². The average Bonchev–Trinajstić information content (AvgIpc) is 2.34. The first-order valence-electron chi connectivity index (χ1n) is 5.54. The van der Waals surface area contributed by atoms with Crippen molar-refractivity contribution in [2.45, 2.75) is 25.9 Å². The molecule has 1 N–H and O–H groups in total. The van der Waals surface area contributed by atoms with E-state index in [1.54, 1.807) is 7.11 Å². The Balaban J connectivity index is 2.87. The molecule has 0 spiro atoms. The third-order valence-corrected chi connectivity index (χ3v) is 2.68. The van der Waals surface area contributed by atoms with Crippen molar-refractivity contribution in [1.82, 2.24) is 9.78 Å². The van der Waals surface area contributed by atoms with Crippen molar-refractivity contribution in [3.63, 3.8) is 0 Å². The number of ether oxygens (including phenoxy) is 1. The molecule has 0 aliphatic heterocycles. The zero-order valence-electron chi connectivity index (χ0n) is 10.4. The molecule has 0 bridgehead atoms. The number of methoxy groups -OCH3 is 1. The first-order chi connectivity index (χ1) is 8.60. The van der Waals surface area contributed by atoms with Gasteiger partial charge in [0.05, 0.1) is 25.0 Å². The van der Waals surface area contributed by atoms with Gasteiger partial charge in [-0.1, -0.05) is 11.6 Å². The van der Waals surface area contributed by atoms with Gasteiger partial charge in [-0.2, -0.15) is 5.10 Å². The van der Waals surface area contributed by atoms with Crippen molar-refractivity contribution < 1.29 is 4.74 Å². The van der Waals surface area contributed by atoms with Gasteiger partial charge in [-0.05, 0) is 6.92 Å². The van der Waals surface area contributed by atoms with Crippen LogP contribution in [0.5, 0.6) is 0 Å². The summed E-state index contributed by atoms with van der Waals surface area (Å²) >= 11 is 5.99.